The van der Waals surface area contributed by atoms with Crippen molar-refractivity contribution >= 4 is 23.4 Å². The Labute approximate surface area is 166 Å². The molecule has 0 unspecified atom stereocenters. The zero-order valence-electron chi connectivity index (χ0n) is 15.9. The van der Waals surface area contributed by atoms with Crippen LogP contribution < -0.4 is 11.1 Å². The van der Waals surface area contributed by atoms with Crippen LogP contribution in [0.25, 0.3) is 0 Å². The van der Waals surface area contributed by atoms with E-state index in [1.165, 1.54) is 11.0 Å². The SMILES string of the molecule is C=C(Nc1ccc(C(=O)N(C)C)cc1)OC(=NCC(N)=O)c1c(F)cccc1F. The highest BCUT2D eigenvalue weighted by atomic mass is 19.1. The summed E-state index contributed by atoms with van der Waals surface area (Å²) in [6, 6.07) is 9.64. The average Bonchev–Trinajstić information content (AvgIpc) is 2.65. The predicted octanol–water partition coefficient (Wildman–Crippen LogP) is 2.50. The zero-order valence-corrected chi connectivity index (χ0v) is 15.9. The monoisotopic (exact) mass is 402 g/mol. The summed E-state index contributed by atoms with van der Waals surface area (Å²) >= 11 is 0. The van der Waals surface area contributed by atoms with Gasteiger partial charge in [-0.15, -0.1) is 0 Å². The number of nitrogens with two attached hydrogens (primary N) is 1. The highest BCUT2D eigenvalue weighted by molar-refractivity contribution is 5.97. The van der Waals surface area contributed by atoms with Crippen molar-refractivity contribution in [3.05, 3.63) is 77.7 Å². The molecule has 2 aromatic rings. The van der Waals surface area contributed by atoms with E-state index in [-0.39, 0.29) is 11.8 Å². The van der Waals surface area contributed by atoms with Crippen molar-refractivity contribution in [1.29, 1.82) is 0 Å². The molecule has 0 fully saturated rings. The number of aliphatic imine (C=N–C) groups is 1. The number of nitrogens with zero attached hydrogens (tertiary/aromatic N) is 2. The minimum atomic E-state index is -0.924. The van der Waals surface area contributed by atoms with Crippen molar-refractivity contribution in [2.45, 2.75) is 0 Å². The number of halogens is 2. The largest absolute Gasteiger partial charge is 0.423 e. The van der Waals surface area contributed by atoms with Crippen LogP contribution in [-0.4, -0.2) is 43.3 Å². The van der Waals surface area contributed by atoms with Crippen molar-refractivity contribution in [3.8, 4) is 0 Å². The number of nitrogens with one attached hydrogen (secondary N) is 1. The van der Waals surface area contributed by atoms with Crippen LogP contribution in [0.1, 0.15) is 15.9 Å². The second-order valence-corrected chi connectivity index (χ2v) is 6.11. The second-order valence-electron chi connectivity index (χ2n) is 6.11. The maximum absolute atomic E-state index is 14.1. The normalized spacial score (nSPS) is 11.0. The number of primary amides is 1. The first-order chi connectivity index (χ1) is 13.7. The fourth-order valence-electron chi connectivity index (χ4n) is 2.27. The van der Waals surface area contributed by atoms with Crippen LogP contribution in [0.4, 0.5) is 14.5 Å². The van der Waals surface area contributed by atoms with Gasteiger partial charge in [0.15, 0.2) is 5.88 Å². The summed E-state index contributed by atoms with van der Waals surface area (Å²) in [6.45, 7) is 3.11. The Balaban J connectivity index is 2.19. The first-order valence-electron chi connectivity index (χ1n) is 8.41. The molecule has 2 aromatic carbocycles. The Morgan fingerprint density at radius 3 is 2.24 bits per heavy atom. The van der Waals surface area contributed by atoms with Crippen LogP contribution in [-0.2, 0) is 9.53 Å². The zero-order chi connectivity index (χ0) is 21.6. The van der Waals surface area contributed by atoms with Crippen LogP contribution in [0.3, 0.4) is 0 Å². The number of carbonyl (C=O) groups excluding carboxylic acids is 2. The lowest BCUT2D eigenvalue weighted by molar-refractivity contribution is -0.116. The van der Waals surface area contributed by atoms with E-state index < -0.39 is 35.5 Å². The lowest BCUT2D eigenvalue weighted by Crippen LogP contribution is -2.21. The Kier molecular flexibility index (Phi) is 7.02. The molecular weight excluding hydrogens is 382 g/mol. The molecule has 0 aliphatic rings. The fourth-order valence-corrected chi connectivity index (χ4v) is 2.27. The molecule has 0 atom stereocenters. The summed E-state index contributed by atoms with van der Waals surface area (Å²) < 4.78 is 33.5. The molecule has 29 heavy (non-hydrogen) atoms. The average molecular weight is 402 g/mol. The number of rotatable bonds is 7. The molecule has 0 aliphatic heterocycles. The Bertz CT molecular complexity index is 936. The summed E-state index contributed by atoms with van der Waals surface area (Å²) in [7, 11) is 3.28. The van der Waals surface area contributed by atoms with Gasteiger partial charge < -0.3 is 20.7 Å². The number of carbonyl (C=O) groups is 2. The van der Waals surface area contributed by atoms with Gasteiger partial charge in [-0.3, -0.25) is 9.59 Å². The minimum absolute atomic E-state index is 0.109. The molecule has 0 aliphatic carbocycles. The van der Waals surface area contributed by atoms with Gasteiger partial charge in [0.2, 0.25) is 11.8 Å². The Hall–Kier alpha value is -3.75. The van der Waals surface area contributed by atoms with Gasteiger partial charge in [0.05, 0.1) is 0 Å². The molecule has 0 aromatic heterocycles. The van der Waals surface area contributed by atoms with E-state index >= 15 is 0 Å². The van der Waals surface area contributed by atoms with Gasteiger partial charge in [0, 0.05) is 25.3 Å². The van der Waals surface area contributed by atoms with Gasteiger partial charge in [-0.1, -0.05) is 6.07 Å². The molecule has 9 heteroatoms. The summed E-state index contributed by atoms with van der Waals surface area (Å²) in [5.41, 5.74) is 5.48. The smallest absolute Gasteiger partial charge is 0.253 e. The summed E-state index contributed by atoms with van der Waals surface area (Å²) in [5, 5.41) is 2.78. The van der Waals surface area contributed by atoms with Crippen LogP contribution in [0.15, 0.2) is 59.9 Å². The van der Waals surface area contributed by atoms with E-state index in [0.29, 0.717) is 11.3 Å². The summed E-state index contributed by atoms with van der Waals surface area (Å²) in [6.07, 6.45) is 0. The van der Waals surface area contributed by atoms with E-state index in [1.807, 2.05) is 0 Å². The third-order valence-electron chi connectivity index (χ3n) is 3.60. The van der Waals surface area contributed by atoms with Gasteiger partial charge >= 0.3 is 0 Å². The topological polar surface area (TPSA) is 97.0 Å². The maximum Gasteiger partial charge on any atom is 0.253 e. The van der Waals surface area contributed by atoms with Crippen molar-refractivity contribution in [2.24, 2.45) is 10.7 Å². The highest BCUT2D eigenvalue weighted by Crippen LogP contribution is 2.18. The van der Waals surface area contributed by atoms with Gasteiger partial charge in [-0.25, -0.2) is 13.8 Å². The van der Waals surface area contributed by atoms with E-state index in [1.54, 1.807) is 38.4 Å². The third kappa shape index (κ3) is 5.86. The molecule has 0 radical (unpaired) electrons. The maximum atomic E-state index is 14.1. The number of hydrogen-bond donors (Lipinski definition) is 2. The van der Waals surface area contributed by atoms with Crippen LogP contribution in [0, 0.1) is 11.6 Å². The molecule has 0 saturated carbocycles. The van der Waals surface area contributed by atoms with Crippen molar-refractivity contribution in [3.63, 3.8) is 0 Å². The van der Waals surface area contributed by atoms with Crippen LogP contribution in [0.5, 0.6) is 0 Å². The molecule has 0 saturated heterocycles. The van der Waals surface area contributed by atoms with Gasteiger partial charge in [0.1, 0.15) is 23.7 Å². The molecule has 7 nitrogen and oxygen atoms in total. The van der Waals surface area contributed by atoms with E-state index in [0.717, 1.165) is 12.1 Å². The number of benzene rings is 2. The lowest BCUT2D eigenvalue weighted by Gasteiger charge is -2.15. The van der Waals surface area contributed by atoms with Crippen molar-refractivity contribution in [2.75, 3.05) is 26.0 Å². The number of hydrogen-bond acceptors (Lipinski definition) is 5. The second kappa shape index (κ2) is 9.45. The molecule has 152 valence electrons. The van der Waals surface area contributed by atoms with Crippen molar-refractivity contribution < 1.29 is 23.1 Å². The molecule has 2 rings (SSSR count). The van der Waals surface area contributed by atoms with Gasteiger partial charge in [0.25, 0.3) is 5.91 Å². The number of amides is 2. The summed E-state index contributed by atoms with van der Waals surface area (Å²) in [5.74, 6) is -3.41. The van der Waals surface area contributed by atoms with Crippen molar-refractivity contribution in [1.82, 2.24) is 4.90 Å². The standard InChI is InChI=1S/C20H20F2N4O3/c1-12(25-14-9-7-13(8-10-14)20(28)26(2)3)29-19(24-11-17(23)27)18-15(21)5-4-6-16(18)22/h4-10,25H,1,11H2,2-3H3,(H2,23,27). The first-order valence-corrected chi connectivity index (χ1v) is 8.41. The van der Waals surface area contributed by atoms with Gasteiger partial charge in [-0.05, 0) is 43.0 Å². The number of anilines is 1. The Morgan fingerprint density at radius 2 is 1.72 bits per heavy atom. The van der Waals surface area contributed by atoms with Crippen LogP contribution >= 0.6 is 0 Å². The van der Waals surface area contributed by atoms with E-state index in [2.05, 4.69) is 16.9 Å². The number of ether oxygens (including phenoxy) is 1. The molecule has 3 N–H and O–H groups in total. The molecular formula is C20H20F2N4O3. The minimum Gasteiger partial charge on any atom is -0.423 e. The lowest BCUT2D eigenvalue weighted by atomic mass is 10.2. The predicted molar refractivity (Wildman–Crippen MR) is 105 cm³/mol. The fraction of sp³-hybridized carbons (Fsp3) is 0.150. The highest BCUT2D eigenvalue weighted by Gasteiger charge is 2.18. The van der Waals surface area contributed by atoms with E-state index in [9.17, 15) is 18.4 Å². The molecule has 0 heterocycles. The Morgan fingerprint density at radius 1 is 1.14 bits per heavy atom. The summed E-state index contributed by atoms with van der Waals surface area (Å²) in [4.78, 5) is 28.1. The quantitative estimate of drug-likeness (QED) is 0.422. The van der Waals surface area contributed by atoms with E-state index in [4.69, 9.17) is 10.5 Å². The molecule has 0 spiro atoms. The molecule has 2 amide bonds. The first kappa shape index (κ1) is 21.5. The third-order valence-corrected chi connectivity index (χ3v) is 3.60. The van der Waals surface area contributed by atoms with Crippen LogP contribution in [0.2, 0.25) is 0 Å². The van der Waals surface area contributed by atoms with Gasteiger partial charge in [-0.2, -0.15) is 0 Å². The molecule has 0 bridgehead atoms.